The molecule has 0 spiro atoms. The van der Waals surface area contributed by atoms with Gasteiger partial charge in [-0.3, -0.25) is 10.1 Å². The molecule has 1 aromatic carbocycles. The first-order valence-electron chi connectivity index (χ1n) is 5.83. The van der Waals surface area contributed by atoms with Crippen LogP contribution in [0, 0.1) is 6.92 Å². The highest BCUT2D eigenvalue weighted by Crippen LogP contribution is 2.28. The Kier molecular flexibility index (Phi) is 4.27. The number of rotatable bonds is 3. The molecule has 110 valence electrons. The number of carbonyl (C=O) groups is 3. The predicted octanol–water partition coefficient (Wildman–Crippen LogP) is 1.86. The van der Waals surface area contributed by atoms with Gasteiger partial charge in [0.1, 0.15) is 5.58 Å². The monoisotopic (exact) mass is 354 g/mol. The van der Waals surface area contributed by atoms with Gasteiger partial charge in [0.15, 0.2) is 6.61 Å². The van der Waals surface area contributed by atoms with Crippen LogP contribution >= 0.6 is 15.9 Å². The van der Waals surface area contributed by atoms with E-state index in [-0.39, 0.29) is 5.76 Å². The fraction of sp³-hybridized carbons (Fsp3) is 0.154. The van der Waals surface area contributed by atoms with Crippen molar-refractivity contribution in [3.8, 4) is 0 Å². The minimum atomic E-state index is -1.01. The van der Waals surface area contributed by atoms with Gasteiger partial charge in [0.25, 0.3) is 5.91 Å². The van der Waals surface area contributed by atoms with Crippen LogP contribution in [0.25, 0.3) is 11.0 Å². The van der Waals surface area contributed by atoms with Gasteiger partial charge < -0.3 is 14.9 Å². The van der Waals surface area contributed by atoms with Crippen LogP contribution in [0.15, 0.2) is 27.1 Å². The van der Waals surface area contributed by atoms with Crippen molar-refractivity contribution >= 4 is 44.8 Å². The molecular formula is C13H11BrN2O5. The number of nitrogens with one attached hydrogen (secondary N) is 1. The van der Waals surface area contributed by atoms with Crippen LogP contribution < -0.4 is 11.1 Å². The van der Waals surface area contributed by atoms with Crippen LogP contribution in [-0.2, 0) is 9.53 Å². The van der Waals surface area contributed by atoms with Gasteiger partial charge in [0.2, 0.25) is 5.76 Å². The Morgan fingerprint density at radius 2 is 2.10 bits per heavy atom. The lowest BCUT2D eigenvalue weighted by Crippen LogP contribution is -2.37. The Bertz CT molecular complexity index is 737. The average molecular weight is 355 g/mol. The first kappa shape index (κ1) is 15.0. The molecule has 0 aliphatic carbocycles. The third-order valence-electron chi connectivity index (χ3n) is 2.68. The molecule has 0 saturated heterocycles. The number of furan rings is 1. The zero-order chi connectivity index (χ0) is 15.6. The summed E-state index contributed by atoms with van der Waals surface area (Å²) in [6, 6.07) is 4.29. The molecule has 3 amide bonds. The summed E-state index contributed by atoms with van der Waals surface area (Å²) in [4.78, 5) is 33.5. The number of amides is 3. The van der Waals surface area contributed by atoms with Gasteiger partial charge in [-0.2, -0.15) is 0 Å². The summed E-state index contributed by atoms with van der Waals surface area (Å²) < 4.78 is 11.0. The van der Waals surface area contributed by atoms with Gasteiger partial charge in [-0.1, -0.05) is 15.9 Å². The summed E-state index contributed by atoms with van der Waals surface area (Å²) in [6.45, 7) is 1.08. The number of nitrogens with two attached hydrogens (primary N) is 1. The van der Waals surface area contributed by atoms with Gasteiger partial charge in [-0.05, 0) is 25.1 Å². The van der Waals surface area contributed by atoms with E-state index in [0.29, 0.717) is 11.1 Å². The standard InChI is InChI=1S/C13H11BrN2O5/c1-6-8-4-7(14)2-3-9(8)21-11(6)12(18)20-5-10(17)16-13(15)19/h2-4H,5H2,1H3,(H3,15,16,17,19). The summed E-state index contributed by atoms with van der Waals surface area (Å²) in [5, 5.41) is 2.55. The second-order valence-corrected chi connectivity index (χ2v) is 5.10. The molecule has 0 aliphatic heterocycles. The van der Waals surface area contributed by atoms with Crippen LogP contribution in [0.1, 0.15) is 16.1 Å². The van der Waals surface area contributed by atoms with Crippen molar-refractivity contribution in [2.45, 2.75) is 6.92 Å². The molecule has 0 atom stereocenters. The smallest absolute Gasteiger partial charge is 0.375 e. The number of imide groups is 1. The van der Waals surface area contributed by atoms with E-state index in [4.69, 9.17) is 14.9 Å². The van der Waals surface area contributed by atoms with Gasteiger partial charge in [0.05, 0.1) is 0 Å². The van der Waals surface area contributed by atoms with E-state index in [2.05, 4.69) is 15.9 Å². The number of urea groups is 1. The molecule has 0 bridgehead atoms. The minimum absolute atomic E-state index is 0.00924. The second kappa shape index (κ2) is 5.96. The molecule has 0 saturated carbocycles. The lowest BCUT2D eigenvalue weighted by Gasteiger charge is -2.02. The van der Waals surface area contributed by atoms with Crippen molar-refractivity contribution in [3.05, 3.63) is 34.0 Å². The van der Waals surface area contributed by atoms with Gasteiger partial charge in [-0.15, -0.1) is 0 Å². The highest BCUT2D eigenvalue weighted by atomic mass is 79.9. The van der Waals surface area contributed by atoms with E-state index in [1.54, 1.807) is 24.4 Å². The van der Waals surface area contributed by atoms with E-state index >= 15 is 0 Å². The van der Waals surface area contributed by atoms with E-state index in [0.717, 1.165) is 9.86 Å². The molecule has 0 unspecified atom stereocenters. The van der Waals surface area contributed by atoms with Crippen molar-refractivity contribution in [2.24, 2.45) is 5.73 Å². The van der Waals surface area contributed by atoms with Gasteiger partial charge >= 0.3 is 12.0 Å². The zero-order valence-corrected chi connectivity index (χ0v) is 12.5. The predicted molar refractivity (Wildman–Crippen MR) is 76.7 cm³/mol. The number of esters is 1. The van der Waals surface area contributed by atoms with Gasteiger partial charge in [0, 0.05) is 15.4 Å². The maximum absolute atomic E-state index is 11.9. The summed E-state index contributed by atoms with van der Waals surface area (Å²) in [7, 11) is 0. The molecule has 3 N–H and O–H groups in total. The minimum Gasteiger partial charge on any atom is -0.450 e. The number of ether oxygens (including phenoxy) is 1. The Balaban J connectivity index is 2.14. The Labute approximate surface area is 127 Å². The number of aryl methyl sites for hydroxylation is 1. The molecule has 1 heterocycles. The summed E-state index contributed by atoms with van der Waals surface area (Å²) in [6.07, 6.45) is 0. The fourth-order valence-corrected chi connectivity index (χ4v) is 2.12. The lowest BCUT2D eigenvalue weighted by atomic mass is 10.1. The normalized spacial score (nSPS) is 10.4. The quantitative estimate of drug-likeness (QED) is 0.817. The van der Waals surface area contributed by atoms with E-state index in [9.17, 15) is 14.4 Å². The Morgan fingerprint density at radius 3 is 2.76 bits per heavy atom. The SMILES string of the molecule is Cc1c(C(=O)OCC(=O)NC(N)=O)oc2ccc(Br)cc12. The molecule has 0 fully saturated rings. The molecule has 7 nitrogen and oxygen atoms in total. The van der Waals surface area contributed by atoms with Crippen LogP contribution in [0.3, 0.4) is 0 Å². The number of carbonyl (C=O) groups excluding carboxylic acids is 3. The second-order valence-electron chi connectivity index (χ2n) is 4.19. The van der Waals surface area contributed by atoms with Crippen molar-refractivity contribution in [3.63, 3.8) is 0 Å². The van der Waals surface area contributed by atoms with Crippen LogP contribution in [0.5, 0.6) is 0 Å². The first-order chi connectivity index (χ1) is 9.88. The molecule has 2 aromatic rings. The topological polar surface area (TPSA) is 112 Å². The third kappa shape index (κ3) is 3.40. The number of halogens is 1. The molecule has 0 radical (unpaired) electrons. The van der Waals surface area contributed by atoms with Crippen molar-refractivity contribution in [2.75, 3.05) is 6.61 Å². The first-order valence-corrected chi connectivity index (χ1v) is 6.63. The number of fused-ring (bicyclic) bond motifs is 1. The van der Waals surface area contributed by atoms with Crippen molar-refractivity contribution < 1.29 is 23.5 Å². The zero-order valence-electron chi connectivity index (χ0n) is 10.9. The maximum Gasteiger partial charge on any atom is 0.375 e. The fourth-order valence-electron chi connectivity index (χ4n) is 1.76. The third-order valence-corrected chi connectivity index (χ3v) is 3.17. The Morgan fingerprint density at radius 1 is 1.38 bits per heavy atom. The average Bonchev–Trinajstić information content (AvgIpc) is 2.73. The number of hydrogen-bond acceptors (Lipinski definition) is 5. The van der Waals surface area contributed by atoms with Crippen LogP contribution in [0.2, 0.25) is 0 Å². The van der Waals surface area contributed by atoms with Crippen molar-refractivity contribution in [1.82, 2.24) is 5.32 Å². The maximum atomic E-state index is 11.9. The summed E-state index contributed by atoms with van der Waals surface area (Å²) in [5.41, 5.74) is 5.90. The number of hydrogen-bond donors (Lipinski definition) is 2. The van der Waals surface area contributed by atoms with Crippen LogP contribution in [0.4, 0.5) is 4.79 Å². The lowest BCUT2D eigenvalue weighted by molar-refractivity contribution is -0.123. The van der Waals surface area contributed by atoms with E-state index < -0.39 is 24.5 Å². The molecule has 0 aliphatic rings. The summed E-state index contributed by atoms with van der Waals surface area (Å²) >= 11 is 3.33. The van der Waals surface area contributed by atoms with E-state index in [1.165, 1.54) is 0 Å². The number of primary amides is 1. The highest BCUT2D eigenvalue weighted by Gasteiger charge is 2.20. The molecule has 2 rings (SSSR count). The van der Waals surface area contributed by atoms with Gasteiger partial charge in [-0.25, -0.2) is 9.59 Å². The van der Waals surface area contributed by atoms with E-state index in [1.807, 2.05) is 6.07 Å². The molecule has 21 heavy (non-hydrogen) atoms. The number of benzene rings is 1. The summed E-state index contributed by atoms with van der Waals surface area (Å²) in [5.74, 6) is -1.60. The van der Waals surface area contributed by atoms with Crippen LogP contribution in [-0.4, -0.2) is 24.5 Å². The van der Waals surface area contributed by atoms with Crippen molar-refractivity contribution in [1.29, 1.82) is 0 Å². The molecular weight excluding hydrogens is 344 g/mol. The molecule has 1 aromatic heterocycles. The largest absolute Gasteiger partial charge is 0.450 e. The Hall–Kier alpha value is -2.35. The molecule has 8 heteroatoms. The highest BCUT2D eigenvalue weighted by molar-refractivity contribution is 9.10.